The van der Waals surface area contributed by atoms with Gasteiger partial charge in [-0.3, -0.25) is 0 Å². The number of nitrogens with one attached hydrogen (secondary N) is 1. The van der Waals surface area contributed by atoms with Gasteiger partial charge in [0.1, 0.15) is 0 Å². The first-order valence-corrected chi connectivity index (χ1v) is 6.47. The predicted octanol–water partition coefficient (Wildman–Crippen LogP) is 2.56. The molecule has 3 unspecified atom stereocenters. The topological polar surface area (TPSA) is 32.3 Å². The molecule has 0 saturated heterocycles. The summed E-state index contributed by atoms with van der Waals surface area (Å²) in [5.41, 5.74) is -0.461. The Morgan fingerprint density at radius 2 is 2.13 bits per heavy atom. The first-order chi connectivity index (χ1) is 7.10. The fourth-order valence-corrected chi connectivity index (χ4v) is 2.81. The van der Waals surface area contributed by atoms with E-state index in [4.69, 9.17) is 0 Å². The fraction of sp³-hybridized carbons (Fsp3) is 1.00. The first kappa shape index (κ1) is 13.0. The van der Waals surface area contributed by atoms with Gasteiger partial charge in [-0.15, -0.1) is 0 Å². The minimum atomic E-state index is -0.461. The summed E-state index contributed by atoms with van der Waals surface area (Å²) in [5.74, 6) is 1.37. The maximum absolute atomic E-state index is 10.4. The van der Waals surface area contributed by atoms with Crippen LogP contribution in [0.4, 0.5) is 0 Å². The van der Waals surface area contributed by atoms with E-state index < -0.39 is 5.60 Å². The smallest absolute Gasteiger partial charge is 0.0660 e. The van der Waals surface area contributed by atoms with Crippen molar-refractivity contribution in [3.8, 4) is 0 Å². The molecule has 0 aromatic carbocycles. The van der Waals surface area contributed by atoms with Gasteiger partial charge in [0.05, 0.1) is 5.60 Å². The highest BCUT2D eigenvalue weighted by Gasteiger charge is 2.34. The standard InChI is InChI=1S/C13H27NO/c1-4-11-6-5-7-12(10-11)13(2,15)8-9-14-3/h11-12,14-15H,4-10H2,1-3H3. The zero-order valence-electron chi connectivity index (χ0n) is 10.6. The lowest BCUT2D eigenvalue weighted by Gasteiger charge is -2.38. The van der Waals surface area contributed by atoms with Crippen molar-refractivity contribution in [3.63, 3.8) is 0 Å². The lowest BCUT2D eigenvalue weighted by molar-refractivity contribution is -0.0318. The summed E-state index contributed by atoms with van der Waals surface area (Å²) in [6.07, 6.45) is 7.28. The van der Waals surface area contributed by atoms with Crippen LogP contribution in [-0.4, -0.2) is 24.3 Å². The van der Waals surface area contributed by atoms with Gasteiger partial charge in [0.25, 0.3) is 0 Å². The van der Waals surface area contributed by atoms with E-state index in [1.54, 1.807) is 0 Å². The molecule has 0 aliphatic heterocycles. The molecule has 0 bridgehead atoms. The molecular weight excluding hydrogens is 186 g/mol. The van der Waals surface area contributed by atoms with Gasteiger partial charge in [-0.25, -0.2) is 0 Å². The molecule has 1 rings (SSSR count). The minimum Gasteiger partial charge on any atom is -0.390 e. The predicted molar refractivity (Wildman–Crippen MR) is 64.9 cm³/mol. The number of aliphatic hydroxyl groups is 1. The molecule has 15 heavy (non-hydrogen) atoms. The molecule has 0 amide bonds. The second kappa shape index (κ2) is 5.86. The Bertz CT molecular complexity index is 179. The Kier molecular flexibility index (Phi) is 5.07. The third-order valence-corrected chi connectivity index (χ3v) is 4.12. The van der Waals surface area contributed by atoms with E-state index in [1.165, 1.54) is 32.1 Å². The first-order valence-electron chi connectivity index (χ1n) is 6.47. The van der Waals surface area contributed by atoms with Crippen LogP contribution in [0.3, 0.4) is 0 Å². The second-order valence-corrected chi connectivity index (χ2v) is 5.35. The largest absolute Gasteiger partial charge is 0.390 e. The monoisotopic (exact) mass is 213 g/mol. The lowest BCUT2D eigenvalue weighted by atomic mass is 9.71. The lowest BCUT2D eigenvalue weighted by Crippen LogP contribution is -2.39. The minimum absolute atomic E-state index is 0.461. The summed E-state index contributed by atoms with van der Waals surface area (Å²) in [7, 11) is 1.95. The summed E-state index contributed by atoms with van der Waals surface area (Å²) >= 11 is 0. The van der Waals surface area contributed by atoms with Gasteiger partial charge in [-0.2, -0.15) is 0 Å². The van der Waals surface area contributed by atoms with Gasteiger partial charge >= 0.3 is 0 Å². The highest BCUT2D eigenvalue weighted by Crippen LogP contribution is 2.38. The maximum Gasteiger partial charge on any atom is 0.0660 e. The van der Waals surface area contributed by atoms with Crippen molar-refractivity contribution in [2.45, 2.75) is 58.0 Å². The van der Waals surface area contributed by atoms with Crippen LogP contribution in [0.2, 0.25) is 0 Å². The average molecular weight is 213 g/mol. The van der Waals surface area contributed by atoms with Crippen LogP contribution >= 0.6 is 0 Å². The number of hydrogen-bond acceptors (Lipinski definition) is 2. The molecule has 1 aliphatic carbocycles. The van der Waals surface area contributed by atoms with Crippen molar-refractivity contribution in [1.82, 2.24) is 5.32 Å². The molecule has 0 aromatic heterocycles. The molecule has 0 spiro atoms. The molecule has 0 heterocycles. The molecule has 90 valence electrons. The molecule has 2 heteroatoms. The van der Waals surface area contributed by atoms with E-state index in [2.05, 4.69) is 12.2 Å². The normalized spacial score (nSPS) is 31.2. The summed E-state index contributed by atoms with van der Waals surface area (Å²) in [5, 5.41) is 13.6. The van der Waals surface area contributed by atoms with Crippen LogP contribution in [0.25, 0.3) is 0 Å². The van der Waals surface area contributed by atoms with Crippen LogP contribution in [-0.2, 0) is 0 Å². The quantitative estimate of drug-likeness (QED) is 0.735. The van der Waals surface area contributed by atoms with Gasteiger partial charge in [0, 0.05) is 0 Å². The number of hydrogen-bond donors (Lipinski definition) is 2. The van der Waals surface area contributed by atoms with Crippen molar-refractivity contribution >= 4 is 0 Å². The van der Waals surface area contributed by atoms with Crippen molar-refractivity contribution in [2.24, 2.45) is 11.8 Å². The van der Waals surface area contributed by atoms with Gasteiger partial charge in [-0.05, 0) is 51.6 Å². The molecule has 1 fully saturated rings. The van der Waals surface area contributed by atoms with E-state index in [-0.39, 0.29) is 0 Å². The third kappa shape index (κ3) is 3.76. The van der Waals surface area contributed by atoms with Gasteiger partial charge in [0.15, 0.2) is 0 Å². The SMILES string of the molecule is CCC1CCCC(C(C)(O)CCNC)C1. The van der Waals surface area contributed by atoms with E-state index in [0.717, 1.165) is 18.9 Å². The zero-order chi connectivity index (χ0) is 11.3. The maximum atomic E-state index is 10.4. The van der Waals surface area contributed by atoms with Crippen molar-refractivity contribution < 1.29 is 5.11 Å². The fourth-order valence-electron chi connectivity index (χ4n) is 2.81. The Balaban J connectivity index is 2.45. The van der Waals surface area contributed by atoms with Gasteiger partial charge in [0.2, 0.25) is 0 Å². The van der Waals surface area contributed by atoms with Gasteiger partial charge in [-0.1, -0.05) is 26.2 Å². The van der Waals surface area contributed by atoms with E-state index >= 15 is 0 Å². The molecule has 1 aliphatic rings. The van der Waals surface area contributed by atoms with E-state index in [9.17, 15) is 5.11 Å². The summed E-state index contributed by atoms with van der Waals surface area (Å²) in [6.45, 7) is 5.21. The van der Waals surface area contributed by atoms with Crippen LogP contribution in [0.15, 0.2) is 0 Å². The van der Waals surface area contributed by atoms with Gasteiger partial charge < -0.3 is 10.4 Å². The molecule has 0 aromatic rings. The highest BCUT2D eigenvalue weighted by atomic mass is 16.3. The molecule has 0 radical (unpaired) electrons. The second-order valence-electron chi connectivity index (χ2n) is 5.35. The Morgan fingerprint density at radius 1 is 1.40 bits per heavy atom. The Morgan fingerprint density at radius 3 is 2.73 bits per heavy atom. The summed E-state index contributed by atoms with van der Waals surface area (Å²) in [6, 6.07) is 0. The van der Waals surface area contributed by atoms with Crippen LogP contribution in [0.5, 0.6) is 0 Å². The average Bonchev–Trinajstić information content (AvgIpc) is 2.26. The van der Waals surface area contributed by atoms with Crippen molar-refractivity contribution in [1.29, 1.82) is 0 Å². The third-order valence-electron chi connectivity index (χ3n) is 4.12. The molecule has 3 atom stereocenters. The van der Waals surface area contributed by atoms with Crippen LogP contribution in [0.1, 0.15) is 52.4 Å². The van der Waals surface area contributed by atoms with Crippen molar-refractivity contribution in [3.05, 3.63) is 0 Å². The molecule has 1 saturated carbocycles. The van der Waals surface area contributed by atoms with E-state index in [1.807, 2.05) is 14.0 Å². The molecular formula is C13H27NO. The number of rotatable bonds is 5. The Labute approximate surface area is 94.5 Å². The van der Waals surface area contributed by atoms with Crippen LogP contribution in [0, 0.1) is 11.8 Å². The summed E-state index contributed by atoms with van der Waals surface area (Å²) < 4.78 is 0. The summed E-state index contributed by atoms with van der Waals surface area (Å²) in [4.78, 5) is 0. The highest BCUT2D eigenvalue weighted by molar-refractivity contribution is 4.86. The zero-order valence-corrected chi connectivity index (χ0v) is 10.6. The van der Waals surface area contributed by atoms with Crippen molar-refractivity contribution in [2.75, 3.05) is 13.6 Å². The van der Waals surface area contributed by atoms with E-state index in [0.29, 0.717) is 5.92 Å². The molecule has 2 nitrogen and oxygen atoms in total. The molecule has 2 N–H and O–H groups in total. The Hall–Kier alpha value is -0.0800. The van der Waals surface area contributed by atoms with Crippen LogP contribution < -0.4 is 5.32 Å².